The average Bonchev–Trinajstić information content (AvgIpc) is 3.15. The molecule has 8 heteroatoms. The maximum absolute atomic E-state index is 13.3. The molecule has 1 N–H and O–H groups in total. The second-order valence-corrected chi connectivity index (χ2v) is 4.66. The zero-order valence-corrected chi connectivity index (χ0v) is 11.8. The smallest absolute Gasteiger partial charge is 0.259 e. The molecule has 0 saturated carbocycles. The largest absolute Gasteiger partial charge is 0.507 e. The molecule has 0 amide bonds. The Morgan fingerprint density at radius 2 is 2.26 bits per heavy atom. The summed E-state index contributed by atoms with van der Waals surface area (Å²) in [5.41, 5.74) is -0.0548. The highest BCUT2D eigenvalue weighted by atomic mass is 19.1. The number of phenolic OH excluding ortho intramolecular Hbond substituents is 1. The van der Waals surface area contributed by atoms with Gasteiger partial charge in [0.2, 0.25) is 5.69 Å². The van der Waals surface area contributed by atoms with Gasteiger partial charge >= 0.3 is 0 Å². The summed E-state index contributed by atoms with van der Waals surface area (Å²) in [5.74, 6) is -1.23. The van der Waals surface area contributed by atoms with E-state index in [1.807, 2.05) is 6.07 Å². The predicted octanol–water partition coefficient (Wildman–Crippen LogP) is 2.12. The standard InChI is InChI=1S/C15H9FN4O3/c1-8-19-12(5-17)15(23-8)20-7-9(6-18-20)14(22)11-4-10(16)2-3-13(11)21/h2-4,6-7,21H,1H3. The minimum absolute atomic E-state index is 0.0261. The normalized spacial score (nSPS) is 10.5. The summed E-state index contributed by atoms with van der Waals surface area (Å²) in [7, 11) is 0. The summed E-state index contributed by atoms with van der Waals surface area (Å²) in [4.78, 5) is 16.2. The highest BCUT2D eigenvalue weighted by molar-refractivity contribution is 6.10. The van der Waals surface area contributed by atoms with Crippen LogP contribution >= 0.6 is 0 Å². The van der Waals surface area contributed by atoms with Crippen molar-refractivity contribution < 1.29 is 18.7 Å². The average molecular weight is 312 g/mol. The maximum Gasteiger partial charge on any atom is 0.259 e. The van der Waals surface area contributed by atoms with Crippen LogP contribution in [-0.2, 0) is 0 Å². The Balaban J connectivity index is 2.00. The minimum atomic E-state index is -0.642. The van der Waals surface area contributed by atoms with Crippen molar-refractivity contribution in [1.29, 1.82) is 5.26 Å². The van der Waals surface area contributed by atoms with E-state index in [0.29, 0.717) is 0 Å². The van der Waals surface area contributed by atoms with Crippen LogP contribution < -0.4 is 0 Å². The molecule has 0 aliphatic heterocycles. The number of carbonyl (C=O) groups is 1. The van der Waals surface area contributed by atoms with Crippen LogP contribution in [0, 0.1) is 24.1 Å². The third-order valence-electron chi connectivity index (χ3n) is 3.08. The number of carbonyl (C=O) groups excluding carboxylic acids is 1. The Kier molecular flexibility index (Phi) is 3.38. The zero-order chi connectivity index (χ0) is 16.6. The van der Waals surface area contributed by atoms with E-state index in [2.05, 4.69) is 10.1 Å². The molecule has 114 valence electrons. The van der Waals surface area contributed by atoms with Gasteiger partial charge in [-0.3, -0.25) is 4.79 Å². The molecule has 0 bridgehead atoms. The van der Waals surface area contributed by atoms with Crippen LogP contribution in [0.4, 0.5) is 4.39 Å². The fraction of sp³-hybridized carbons (Fsp3) is 0.0667. The molecule has 0 aliphatic rings. The molecule has 7 nitrogen and oxygen atoms in total. The number of hydrogen-bond donors (Lipinski definition) is 1. The van der Waals surface area contributed by atoms with Crippen LogP contribution in [0.15, 0.2) is 35.0 Å². The fourth-order valence-electron chi connectivity index (χ4n) is 2.04. The van der Waals surface area contributed by atoms with Gasteiger partial charge in [-0.25, -0.2) is 14.1 Å². The number of aromatic nitrogens is 3. The molecule has 0 atom stereocenters. The van der Waals surface area contributed by atoms with Gasteiger partial charge in [0.1, 0.15) is 17.6 Å². The van der Waals surface area contributed by atoms with Gasteiger partial charge in [0, 0.05) is 13.1 Å². The molecule has 2 aromatic heterocycles. The highest BCUT2D eigenvalue weighted by Crippen LogP contribution is 2.22. The number of phenols is 1. The van der Waals surface area contributed by atoms with Gasteiger partial charge in [-0.15, -0.1) is 0 Å². The number of oxazole rings is 1. The van der Waals surface area contributed by atoms with E-state index in [9.17, 15) is 14.3 Å². The van der Waals surface area contributed by atoms with Crippen LogP contribution in [-0.4, -0.2) is 25.7 Å². The monoisotopic (exact) mass is 312 g/mol. The van der Waals surface area contributed by atoms with Crippen LogP contribution in [0.25, 0.3) is 5.88 Å². The second kappa shape index (κ2) is 5.38. The molecular formula is C15H9FN4O3. The van der Waals surface area contributed by atoms with E-state index < -0.39 is 11.6 Å². The fourth-order valence-corrected chi connectivity index (χ4v) is 2.04. The van der Waals surface area contributed by atoms with Gasteiger partial charge in [0.25, 0.3) is 5.88 Å². The third-order valence-corrected chi connectivity index (χ3v) is 3.08. The molecule has 0 aliphatic carbocycles. The first-order valence-electron chi connectivity index (χ1n) is 6.45. The summed E-state index contributed by atoms with van der Waals surface area (Å²) in [6.45, 7) is 1.57. The number of benzene rings is 1. The molecule has 0 fully saturated rings. The quantitative estimate of drug-likeness (QED) is 0.743. The van der Waals surface area contributed by atoms with Crippen molar-refractivity contribution in [3.05, 3.63) is 59.1 Å². The van der Waals surface area contributed by atoms with Gasteiger partial charge in [0.15, 0.2) is 11.7 Å². The van der Waals surface area contributed by atoms with E-state index in [0.717, 1.165) is 18.2 Å². The van der Waals surface area contributed by atoms with Crippen molar-refractivity contribution >= 4 is 5.78 Å². The van der Waals surface area contributed by atoms with Crippen LogP contribution in [0.3, 0.4) is 0 Å². The summed E-state index contributed by atoms with van der Waals surface area (Å²) >= 11 is 0. The Morgan fingerprint density at radius 1 is 1.48 bits per heavy atom. The molecule has 3 aromatic rings. The lowest BCUT2D eigenvalue weighted by Gasteiger charge is -2.01. The SMILES string of the molecule is Cc1nc(C#N)c(-n2cc(C(=O)c3cc(F)ccc3O)cn2)o1. The molecule has 0 unspecified atom stereocenters. The topological polar surface area (TPSA) is 105 Å². The summed E-state index contributed by atoms with van der Waals surface area (Å²) in [5, 5.41) is 22.6. The van der Waals surface area contributed by atoms with Crippen molar-refractivity contribution in [1.82, 2.24) is 14.8 Å². The van der Waals surface area contributed by atoms with Crippen LogP contribution in [0.5, 0.6) is 5.75 Å². The lowest BCUT2D eigenvalue weighted by Crippen LogP contribution is -2.01. The first kappa shape index (κ1) is 14.5. The first-order chi connectivity index (χ1) is 11.0. The first-order valence-corrected chi connectivity index (χ1v) is 6.45. The van der Waals surface area contributed by atoms with Crippen molar-refractivity contribution in [2.45, 2.75) is 6.92 Å². The van der Waals surface area contributed by atoms with Gasteiger partial charge in [-0.05, 0) is 18.2 Å². The van der Waals surface area contributed by atoms with Crippen LogP contribution in [0.2, 0.25) is 0 Å². The van der Waals surface area contributed by atoms with Crippen molar-refractivity contribution in [3.8, 4) is 17.7 Å². The number of aromatic hydroxyl groups is 1. The Bertz CT molecular complexity index is 952. The van der Waals surface area contributed by atoms with Crippen LogP contribution in [0.1, 0.15) is 27.5 Å². The highest BCUT2D eigenvalue weighted by Gasteiger charge is 2.19. The Hall–Kier alpha value is -3.47. The molecule has 0 saturated heterocycles. The Labute approximate surface area is 129 Å². The van der Waals surface area contributed by atoms with E-state index >= 15 is 0 Å². The van der Waals surface area contributed by atoms with Gasteiger partial charge in [-0.2, -0.15) is 10.4 Å². The van der Waals surface area contributed by atoms with E-state index in [1.165, 1.54) is 17.1 Å². The van der Waals surface area contributed by atoms with Gasteiger partial charge in [0.05, 0.1) is 17.3 Å². The maximum atomic E-state index is 13.3. The van der Waals surface area contributed by atoms with Gasteiger partial charge in [-0.1, -0.05) is 0 Å². The molecule has 0 spiro atoms. The minimum Gasteiger partial charge on any atom is -0.507 e. The molecule has 3 rings (SSSR count). The third kappa shape index (κ3) is 2.55. The Morgan fingerprint density at radius 3 is 3.00 bits per heavy atom. The number of nitriles is 1. The number of aryl methyl sites for hydroxylation is 1. The number of hydrogen-bond acceptors (Lipinski definition) is 6. The van der Waals surface area contributed by atoms with Crippen molar-refractivity contribution in [2.75, 3.05) is 0 Å². The number of halogens is 1. The second-order valence-electron chi connectivity index (χ2n) is 4.66. The summed E-state index contributed by atoms with van der Waals surface area (Å²) in [6, 6.07) is 4.95. The summed E-state index contributed by atoms with van der Waals surface area (Å²) < 4.78 is 19.7. The summed E-state index contributed by atoms with van der Waals surface area (Å²) in [6.07, 6.45) is 2.54. The molecule has 23 heavy (non-hydrogen) atoms. The van der Waals surface area contributed by atoms with Crippen molar-refractivity contribution in [3.63, 3.8) is 0 Å². The number of nitrogens with zero attached hydrogens (tertiary/aromatic N) is 4. The number of rotatable bonds is 3. The van der Waals surface area contributed by atoms with E-state index in [4.69, 9.17) is 9.68 Å². The lowest BCUT2D eigenvalue weighted by molar-refractivity contribution is 0.103. The predicted molar refractivity (Wildman–Crippen MR) is 74.6 cm³/mol. The van der Waals surface area contributed by atoms with E-state index in [-0.39, 0.29) is 34.3 Å². The van der Waals surface area contributed by atoms with Gasteiger partial charge < -0.3 is 9.52 Å². The molecular weight excluding hydrogens is 303 g/mol. The van der Waals surface area contributed by atoms with Crippen molar-refractivity contribution in [2.24, 2.45) is 0 Å². The molecule has 2 heterocycles. The lowest BCUT2D eigenvalue weighted by atomic mass is 10.1. The zero-order valence-electron chi connectivity index (χ0n) is 11.8. The molecule has 1 aromatic carbocycles. The number of ketones is 1. The molecule has 0 radical (unpaired) electrons. The van der Waals surface area contributed by atoms with E-state index in [1.54, 1.807) is 6.92 Å².